The highest BCUT2D eigenvalue weighted by molar-refractivity contribution is 7.13. The molecule has 1 aliphatic heterocycles. The van der Waals surface area contributed by atoms with E-state index in [1.807, 2.05) is 5.38 Å². The highest BCUT2D eigenvalue weighted by Crippen LogP contribution is 2.13. The molecule has 2 heterocycles. The van der Waals surface area contributed by atoms with Gasteiger partial charge in [-0.15, -0.1) is 11.3 Å². The van der Waals surface area contributed by atoms with Crippen LogP contribution in [0.1, 0.15) is 12.6 Å². The quantitative estimate of drug-likeness (QED) is 0.836. The molecule has 0 spiro atoms. The van der Waals surface area contributed by atoms with Crippen LogP contribution in [-0.2, 0) is 11.2 Å². The van der Waals surface area contributed by atoms with Crippen LogP contribution in [0.25, 0.3) is 0 Å². The molecule has 0 aliphatic carbocycles. The topological polar surface area (TPSA) is 51.4 Å². The van der Waals surface area contributed by atoms with Gasteiger partial charge in [0.15, 0.2) is 5.13 Å². The summed E-state index contributed by atoms with van der Waals surface area (Å²) < 4.78 is 5.39. The van der Waals surface area contributed by atoms with E-state index in [-0.39, 0.29) is 0 Å². The van der Waals surface area contributed by atoms with Crippen LogP contribution in [0.2, 0.25) is 0 Å². The molecule has 2 rings (SSSR count). The number of rotatable bonds is 3. The summed E-state index contributed by atoms with van der Waals surface area (Å²) in [6.45, 7) is 5.98. The Morgan fingerprint density at radius 2 is 2.60 bits per heavy atom. The molecule has 0 aromatic carbocycles. The Labute approximate surface area is 94.1 Å². The van der Waals surface area contributed by atoms with Gasteiger partial charge < -0.3 is 10.5 Å². The van der Waals surface area contributed by atoms with Gasteiger partial charge in [-0.3, -0.25) is 4.90 Å². The van der Waals surface area contributed by atoms with E-state index in [9.17, 15) is 0 Å². The molecule has 1 unspecified atom stereocenters. The lowest BCUT2D eigenvalue weighted by Crippen LogP contribution is -2.44. The van der Waals surface area contributed by atoms with Crippen LogP contribution in [0.15, 0.2) is 5.38 Å². The average molecular weight is 227 g/mol. The van der Waals surface area contributed by atoms with Gasteiger partial charge in [0.25, 0.3) is 0 Å². The molecule has 1 aliphatic rings. The monoisotopic (exact) mass is 227 g/mol. The number of nitrogens with two attached hydrogens (primary N) is 1. The second-order valence-corrected chi connectivity index (χ2v) is 4.78. The molecule has 0 radical (unpaired) electrons. The highest BCUT2D eigenvalue weighted by Gasteiger charge is 2.18. The smallest absolute Gasteiger partial charge is 0.180 e. The van der Waals surface area contributed by atoms with Gasteiger partial charge in [0.1, 0.15) is 0 Å². The van der Waals surface area contributed by atoms with Gasteiger partial charge in [0, 0.05) is 30.9 Å². The Bertz CT molecular complexity index is 315. The number of hydrogen-bond donors (Lipinski definition) is 1. The fourth-order valence-corrected chi connectivity index (χ4v) is 2.39. The molecule has 0 bridgehead atoms. The van der Waals surface area contributed by atoms with Gasteiger partial charge in [-0.2, -0.15) is 0 Å². The number of nitrogens with zero attached hydrogens (tertiary/aromatic N) is 2. The molecular weight excluding hydrogens is 210 g/mol. The van der Waals surface area contributed by atoms with Crippen molar-refractivity contribution in [2.75, 3.05) is 32.0 Å². The van der Waals surface area contributed by atoms with Crippen molar-refractivity contribution in [2.24, 2.45) is 0 Å². The highest BCUT2D eigenvalue weighted by atomic mass is 32.1. The molecule has 1 fully saturated rings. The molecule has 1 saturated heterocycles. The number of anilines is 1. The van der Waals surface area contributed by atoms with E-state index in [0.29, 0.717) is 11.2 Å². The van der Waals surface area contributed by atoms with Crippen LogP contribution >= 0.6 is 11.3 Å². The first-order valence-electron chi connectivity index (χ1n) is 5.27. The number of nitrogen functional groups attached to an aromatic ring is 1. The number of thiazole rings is 1. The predicted octanol–water partition coefficient (Wildman–Crippen LogP) is 0.988. The Morgan fingerprint density at radius 1 is 1.73 bits per heavy atom. The summed E-state index contributed by atoms with van der Waals surface area (Å²) in [5, 5.41) is 2.71. The summed E-state index contributed by atoms with van der Waals surface area (Å²) >= 11 is 1.52. The minimum atomic E-state index is 0.523. The van der Waals surface area contributed by atoms with Crippen molar-refractivity contribution in [1.29, 1.82) is 0 Å². The third-order valence-corrected chi connectivity index (χ3v) is 3.45. The standard InChI is InChI=1S/C10H17N3OS/c1-8-6-14-5-4-13(8)3-2-9-7-15-10(11)12-9/h7-8H,2-6H2,1H3,(H2,11,12). The number of morpholine rings is 1. The minimum Gasteiger partial charge on any atom is -0.379 e. The Hall–Kier alpha value is -0.650. The predicted molar refractivity (Wildman–Crippen MR) is 62.1 cm³/mol. The van der Waals surface area contributed by atoms with Crippen LogP contribution in [0.4, 0.5) is 5.13 Å². The summed E-state index contributed by atoms with van der Waals surface area (Å²) in [6.07, 6.45) is 0.984. The summed E-state index contributed by atoms with van der Waals surface area (Å²) in [5.41, 5.74) is 6.70. The Morgan fingerprint density at radius 3 is 3.27 bits per heavy atom. The normalized spacial score (nSPS) is 23.1. The van der Waals surface area contributed by atoms with Crippen molar-refractivity contribution in [3.63, 3.8) is 0 Å². The van der Waals surface area contributed by atoms with Crippen molar-refractivity contribution in [1.82, 2.24) is 9.88 Å². The number of ether oxygens (including phenoxy) is 1. The molecule has 1 aromatic rings. The molecular formula is C10H17N3OS. The second-order valence-electron chi connectivity index (χ2n) is 3.89. The summed E-state index contributed by atoms with van der Waals surface area (Å²) in [4.78, 5) is 6.70. The zero-order valence-electron chi connectivity index (χ0n) is 8.98. The first kappa shape index (κ1) is 10.9. The third-order valence-electron chi connectivity index (χ3n) is 2.73. The van der Waals surface area contributed by atoms with E-state index in [2.05, 4.69) is 16.8 Å². The fourth-order valence-electron chi connectivity index (χ4n) is 1.79. The van der Waals surface area contributed by atoms with Crippen LogP contribution < -0.4 is 5.73 Å². The molecule has 15 heavy (non-hydrogen) atoms. The molecule has 1 aromatic heterocycles. The van der Waals surface area contributed by atoms with E-state index in [1.54, 1.807) is 0 Å². The maximum absolute atomic E-state index is 5.59. The Balaban J connectivity index is 1.81. The van der Waals surface area contributed by atoms with Crippen LogP contribution in [0, 0.1) is 0 Å². The van der Waals surface area contributed by atoms with E-state index in [1.165, 1.54) is 11.3 Å². The maximum atomic E-state index is 5.59. The largest absolute Gasteiger partial charge is 0.379 e. The van der Waals surface area contributed by atoms with Crippen LogP contribution in [0.5, 0.6) is 0 Å². The van der Waals surface area contributed by atoms with Crippen molar-refractivity contribution in [3.05, 3.63) is 11.1 Å². The molecule has 0 amide bonds. The fraction of sp³-hybridized carbons (Fsp3) is 0.700. The van der Waals surface area contributed by atoms with Crippen molar-refractivity contribution in [3.8, 4) is 0 Å². The molecule has 4 nitrogen and oxygen atoms in total. The molecule has 1 atom stereocenters. The van der Waals surface area contributed by atoms with E-state index < -0.39 is 0 Å². The molecule has 2 N–H and O–H groups in total. The zero-order valence-corrected chi connectivity index (χ0v) is 9.80. The van der Waals surface area contributed by atoms with E-state index in [0.717, 1.165) is 38.4 Å². The van der Waals surface area contributed by atoms with Crippen LogP contribution in [0.3, 0.4) is 0 Å². The maximum Gasteiger partial charge on any atom is 0.180 e. The van der Waals surface area contributed by atoms with Gasteiger partial charge in [0.2, 0.25) is 0 Å². The van der Waals surface area contributed by atoms with E-state index in [4.69, 9.17) is 10.5 Å². The average Bonchev–Trinajstić information content (AvgIpc) is 2.63. The van der Waals surface area contributed by atoms with Crippen LogP contribution in [-0.4, -0.2) is 42.2 Å². The minimum absolute atomic E-state index is 0.523. The first-order valence-corrected chi connectivity index (χ1v) is 6.15. The number of aromatic nitrogens is 1. The van der Waals surface area contributed by atoms with Gasteiger partial charge in [-0.1, -0.05) is 0 Å². The summed E-state index contributed by atoms with van der Waals surface area (Å²) in [6, 6.07) is 0.523. The van der Waals surface area contributed by atoms with Gasteiger partial charge in [-0.25, -0.2) is 4.98 Å². The number of hydrogen-bond acceptors (Lipinski definition) is 5. The molecule has 84 valence electrons. The van der Waals surface area contributed by atoms with Gasteiger partial charge >= 0.3 is 0 Å². The molecule has 0 saturated carbocycles. The first-order chi connectivity index (χ1) is 7.25. The molecule has 5 heteroatoms. The van der Waals surface area contributed by atoms with Crippen molar-refractivity contribution < 1.29 is 4.74 Å². The van der Waals surface area contributed by atoms with Crippen molar-refractivity contribution >= 4 is 16.5 Å². The SMILES string of the molecule is CC1COCCN1CCc1csc(N)n1. The lowest BCUT2D eigenvalue weighted by molar-refractivity contribution is 0.000278. The Kier molecular flexibility index (Phi) is 3.56. The van der Waals surface area contributed by atoms with Gasteiger partial charge in [0.05, 0.1) is 18.9 Å². The van der Waals surface area contributed by atoms with E-state index >= 15 is 0 Å². The lowest BCUT2D eigenvalue weighted by Gasteiger charge is -2.32. The third kappa shape index (κ3) is 2.90. The second kappa shape index (κ2) is 4.92. The summed E-state index contributed by atoms with van der Waals surface area (Å²) in [5.74, 6) is 0. The van der Waals surface area contributed by atoms with Crippen molar-refractivity contribution in [2.45, 2.75) is 19.4 Å². The zero-order chi connectivity index (χ0) is 10.7. The summed E-state index contributed by atoms with van der Waals surface area (Å²) in [7, 11) is 0. The lowest BCUT2D eigenvalue weighted by atomic mass is 10.2. The van der Waals surface area contributed by atoms with Gasteiger partial charge in [-0.05, 0) is 6.92 Å².